The zero-order valence-corrected chi connectivity index (χ0v) is 17.2. The third kappa shape index (κ3) is 5.05. The van der Waals surface area contributed by atoms with Gasteiger partial charge in [-0.25, -0.2) is 0 Å². The predicted molar refractivity (Wildman–Crippen MR) is 116 cm³/mol. The number of carbonyl (C=O) groups is 1. The molecule has 0 heterocycles. The molecule has 6 heteroatoms. The van der Waals surface area contributed by atoms with E-state index in [2.05, 4.69) is 21.2 Å². The number of thiocarbonyl (C=S) groups is 1. The van der Waals surface area contributed by atoms with E-state index in [0.29, 0.717) is 17.4 Å². The van der Waals surface area contributed by atoms with Crippen molar-refractivity contribution in [1.82, 2.24) is 10.2 Å². The highest BCUT2D eigenvalue weighted by molar-refractivity contribution is 9.10. The van der Waals surface area contributed by atoms with Gasteiger partial charge in [0.25, 0.3) is 5.91 Å². The quantitative estimate of drug-likeness (QED) is 0.589. The molecule has 0 radical (unpaired) electrons. The van der Waals surface area contributed by atoms with Crippen LogP contribution in [0, 0.1) is 0 Å². The first-order valence-corrected chi connectivity index (χ1v) is 9.63. The number of halogens is 1. The van der Waals surface area contributed by atoms with Crippen molar-refractivity contribution in [2.75, 3.05) is 13.7 Å². The van der Waals surface area contributed by atoms with Crippen molar-refractivity contribution in [3.63, 3.8) is 0 Å². The summed E-state index contributed by atoms with van der Waals surface area (Å²) < 4.78 is 6.50. The summed E-state index contributed by atoms with van der Waals surface area (Å²) in [4.78, 5) is 14.0. The fourth-order valence-electron chi connectivity index (χ4n) is 2.65. The van der Waals surface area contributed by atoms with Crippen LogP contribution in [0.15, 0.2) is 71.2 Å². The van der Waals surface area contributed by atoms with Crippen LogP contribution >= 0.6 is 28.1 Å². The monoisotopic (exact) mass is 442 g/mol. The van der Waals surface area contributed by atoms with Gasteiger partial charge in [0.1, 0.15) is 5.75 Å². The van der Waals surface area contributed by atoms with Crippen LogP contribution in [0.5, 0.6) is 5.75 Å². The van der Waals surface area contributed by atoms with E-state index in [-0.39, 0.29) is 12.5 Å². The predicted octanol–water partition coefficient (Wildman–Crippen LogP) is 4.51. The van der Waals surface area contributed by atoms with Crippen LogP contribution in [0.3, 0.4) is 0 Å². The Kier molecular flexibility index (Phi) is 6.42. The first-order valence-electron chi connectivity index (χ1n) is 8.43. The van der Waals surface area contributed by atoms with Crippen LogP contribution in [0.25, 0.3) is 10.8 Å². The number of benzene rings is 3. The minimum Gasteiger partial charge on any atom is -0.483 e. The summed E-state index contributed by atoms with van der Waals surface area (Å²) in [5.41, 5.74) is 1.12. The van der Waals surface area contributed by atoms with E-state index in [1.807, 2.05) is 78.7 Å². The molecule has 3 aromatic rings. The van der Waals surface area contributed by atoms with Gasteiger partial charge in [-0.15, -0.1) is 0 Å². The Bertz CT molecular complexity index is 963. The second-order valence-electron chi connectivity index (χ2n) is 6.08. The standard InChI is InChI=1S/C21H19BrN2O2S/c1-24(13-15-7-3-2-4-8-15)21(27)23-19(25)14-26-18-12-11-16-9-5-6-10-17(16)20(18)22/h2-12H,13-14H2,1H3,(H,23,25,27). The average molecular weight is 443 g/mol. The van der Waals surface area contributed by atoms with Crippen molar-refractivity contribution in [2.45, 2.75) is 6.54 Å². The molecule has 0 bridgehead atoms. The Balaban J connectivity index is 1.55. The highest BCUT2D eigenvalue weighted by Gasteiger charge is 2.12. The van der Waals surface area contributed by atoms with Crippen LogP contribution in [0.1, 0.15) is 5.56 Å². The van der Waals surface area contributed by atoms with Gasteiger partial charge in [0.15, 0.2) is 11.7 Å². The maximum absolute atomic E-state index is 12.2. The van der Waals surface area contributed by atoms with Gasteiger partial charge < -0.3 is 15.0 Å². The van der Waals surface area contributed by atoms with Gasteiger partial charge in [0.05, 0.1) is 4.47 Å². The Hall–Kier alpha value is -2.44. The SMILES string of the molecule is CN(Cc1ccccc1)C(=S)NC(=O)COc1ccc2ccccc2c1Br. The highest BCUT2D eigenvalue weighted by Crippen LogP contribution is 2.32. The lowest BCUT2D eigenvalue weighted by Crippen LogP contribution is -2.42. The largest absolute Gasteiger partial charge is 0.483 e. The van der Waals surface area contributed by atoms with Crippen LogP contribution in [0.4, 0.5) is 0 Å². The molecule has 0 atom stereocenters. The van der Waals surface area contributed by atoms with Gasteiger partial charge in [-0.1, -0.05) is 60.7 Å². The number of nitrogens with zero attached hydrogens (tertiary/aromatic N) is 1. The summed E-state index contributed by atoms with van der Waals surface area (Å²) in [7, 11) is 1.84. The number of fused-ring (bicyclic) bond motifs is 1. The van der Waals surface area contributed by atoms with Crippen molar-refractivity contribution in [3.8, 4) is 5.75 Å². The maximum atomic E-state index is 12.2. The lowest BCUT2D eigenvalue weighted by molar-refractivity contribution is -0.121. The van der Waals surface area contributed by atoms with Crippen molar-refractivity contribution in [2.24, 2.45) is 0 Å². The van der Waals surface area contributed by atoms with Crippen LogP contribution in [-0.2, 0) is 11.3 Å². The van der Waals surface area contributed by atoms with Gasteiger partial charge in [-0.2, -0.15) is 0 Å². The topological polar surface area (TPSA) is 41.6 Å². The molecule has 0 unspecified atom stereocenters. The fraction of sp³-hybridized carbons (Fsp3) is 0.143. The first-order chi connectivity index (χ1) is 13.0. The van der Waals surface area contributed by atoms with Gasteiger partial charge in [-0.05, 0) is 50.6 Å². The summed E-state index contributed by atoms with van der Waals surface area (Å²) in [6, 6.07) is 21.7. The average Bonchev–Trinajstić information content (AvgIpc) is 2.68. The molecule has 0 aliphatic carbocycles. The van der Waals surface area contributed by atoms with Crippen LogP contribution < -0.4 is 10.1 Å². The van der Waals surface area contributed by atoms with Gasteiger partial charge in [0.2, 0.25) is 0 Å². The highest BCUT2D eigenvalue weighted by atomic mass is 79.9. The summed E-state index contributed by atoms with van der Waals surface area (Å²) in [5, 5.41) is 5.21. The summed E-state index contributed by atoms with van der Waals surface area (Å²) >= 11 is 8.85. The van der Waals surface area contributed by atoms with Gasteiger partial charge >= 0.3 is 0 Å². The van der Waals surface area contributed by atoms with Gasteiger partial charge in [0, 0.05) is 13.6 Å². The Morgan fingerprint density at radius 1 is 1.07 bits per heavy atom. The molecular formula is C21H19BrN2O2S. The van der Waals surface area contributed by atoms with E-state index in [1.165, 1.54) is 0 Å². The molecule has 0 saturated carbocycles. The third-order valence-electron chi connectivity index (χ3n) is 4.04. The normalized spacial score (nSPS) is 10.4. The fourth-order valence-corrected chi connectivity index (χ4v) is 3.43. The molecular weight excluding hydrogens is 424 g/mol. The van der Waals surface area contributed by atoms with E-state index in [4.69, 9.17) is 17.0 Å². The van der Waals surface area contributed by atoms with Crippen molar-refractivity contribution in [1.29, 1.82) is 0 Å². The molecule has 4 nitrogen and oxygen atoms in total. The van der Waals surface area contributed by atoms with E-state index in [1.54, 1.807) is 0 Å². The summed E-state index contributed by atoms with van der Waals surface area (Å²) in [6.45, 7) is 0.507. The molecule has 0 spiro atoms. The summed E-state index contributed by atoms with van der Waals surface area (Å²) in [5.74, 6) is 0.326. The molecule has 1 N–H and O–H groups in total. The number of ether oxygens (including phenoxy) is 1. The molecule has 3 aromatic carbocycles. The number of rotatable bonds is 5. The molecule has 138 valence electrons. The minimum atomic E-state index is -0.292. The lowest BCUT2D eigenvalue weighted by Gasteiger charge is -2.20. The number of amides is 1. The van der Waals surface area contributed by atoms with Gasteiger partial charge in [-0.3, -0.25) is 4.79 Å². The molecule has 0 fully saturated rings. The molecule has 0 aromatic heterocycles. The number of nitrogens with one attached hydrogen (secondary N) is 1. The first kappa shape index (κ1) is 19.3. The zero-order chi connectivity index (χ0) is 19.2. The Morgan fingerprint density at radius 2 is 1.78 bits per heavy atom. The second kappa shape index (κ2) is 8.97. The number of hydrogen-bond acceptors (Lipinski definition) is 3. The maximum Gasteiger partial charge on any atom is 0.264 e. The third-order valence-corrected chi connectivity index (χ3v) is 5.27. The van der Waals surface area contributed by atoms with Crippen LogP contribution in [0.2, 0.25) is 0 Å². The van der Waals surface area contributed by atoms with Crippen molar-refractivity contribution in [3.05, 3.63) is 76.8 Å². The van der Waals surface area contributed by atoms with E-state index < -0.39 is 0 Å². The van der Waals surface area contributed by atoms with Crippen molar-refractivity contribution >= 4 is 49.9 Å². The molecule has 1 amide bonds. The number of carbonyl (C=O) groups excluding carboxylic acids is 1. The zero-order valence-electron chi connectivity index (χ0n) is 14.8. The molecule has 0 aliphatic heterocycles. The molecule has 3 rings (SSSR count). The summed E-state index contributed by atoms with van der Waals surface area (Å²) in [6.07, 6.45) is 0. The molecule has 0 saturated heterocycles. The van der Waals surface area contributed by atoms with E-state index in [9.17, 15) is 4.79 Å². The molecule has 27 heavy (non-hydrogen) atoms. The lowest BCUT2D eigenvalue weighted by atomic mass is 10.1. The van der Waals surface area contributed by atoms with E-state index in [0.717, 1.165) is 20.8 Å². The smallest absolute Gasteiger partial charge is 0.264 e. The minimum absolute atomic E-state index is 0.115. The Morgan fingerprint density at radius 3 is 2.56 bits per heavy atom. The molecule has 0 aliphatic rings. The van der Waals surface area contributed by atoms with Crippen LogP contribution in [-0.4, -0.2) is 29.6 Å². The number of hydrogen-bond donors (Lipinski definition) is 1. The second-order valence-corrected chi connectivity index (χ2v) is 7.26. The van der Waals surface area contributed by atoms with Crippen molar-refractivity contribution < 1.29 is 9.53 Å². The van der Waals surface area contributed by atoms with E-state index >= 15 is 0 Å². The Labute approximate surface area is 172 Å².